The molecule has 0 heterocycles. The fourth-order valence-corrected chi connectivity index (χ4v) is 4.04. The minimum absolute atomic E-state index is 0.0678. The summed E-state index contributed by atoms with van der Waals surface area (Å²) in [6, 6.07) is 0. The molecule has 0 aromatic rings. The highest BCUT2D eigenvalue weighted by Gasteiger charge is 2.39. The average Bonchev–Trinajstić information content (AvgIpc) is 3.16. The first kappa shape index (κ1) is 52.2. The number of rotatable bonds is 28. The Labute approximate surface area is 340 Å². The Kier molecular flexibility index (Phi) is 22.9. The van der Waals surface area contributed by atoms with Crippen LogP contribution in [0.2, 0.25) is 0 Å². The zero-order valence-electron chi connectivity index (χ0n) is 34.8. The Morgan fingerprint density at radius 2 is 0.534 bits per heavy atom. The zero-order valence-corrected chi connectivity index (χ0v) is 34.8. The molecule has 0 unspecified atom stereocenters. The molecule has 0 bridgehead atoms. The molecule has 58 heavy (non-hydrogen) atoms. The summed E-state index contributed by atoms with van der Waals surface area (Å²) in [6.07, 6.45) is 0.282. The van der Waals surface area contributed by atoms with Gasteiger partial charge >= 0.3 is 47.8 Å². The van der Waals surface area contributed by atoms with Crippen molar-refractivity contribution in [3.05, 3.63) is 72.9 Å². The number of hydrogen-bond acceptors (Lipinski definition) is 16. The molecule has 0 aliphatic carbocycles. The lowest BCUT2D eigenvalue weighted by Crippen LogP contribution is -2.44. The largest absolute Gasteiger partial charge is 0.465 e. The second kappa shape index (κ2) is 25.5. The van der Waals surface area contributed by atoms with Crippen LogP contribution in [-0.4, -0.2) is 101 Å². The molecule has 0 amide bonds. The first-order valence-corrected chi connectivity index (χ1v) is 18.1. The summed E-state index contributed by atoms with van der Waals surface area (Å²) in [5.41, 5.74) is -2.63. The van der Waals surface area contributed by atoms with Crippen LogP contribution in [0.25, 0.3) is 0 Å². The second-order valence-corrected chi connectivity index (χ2v) is 14.6. The molecule has 16 heteroatoms. The van der Waals surface area contributed by atoms with E-state index in [9.17, 15) is 38.4 Å². The lowest BCUT2D eigenvalue weighted by molar-refractivity contribution is -0.170. The van der Waals surface area contributed by atoms with Gasteiger partial charge in [-0.25, -0.2) is 28.8 Å². The van der Waals surface area contributed by atoms with Gasteiger partial charge in [0, 0.05) is 46.3 Å². The van der Waals surface area contributed by atoms with Crippen molar-refractivity contribution in [2.24, 2.45) is 16.7 Å². The summed E-state index contributed by atoms with van der Waals surface area (Å²) in [5, 5.41) is 0. The molecule has 0 rings (SSSR count). The van der Waals surface area contributed by atoms with E-state index >= 15 is 0 Å². The molecule has 0 radical (unpaired) electrons. The van der Waals surface area contributed by atoms with Gasteiger partial charge in [0.2, 0.25) is 0 Å². The first-order valence-electron chi connectivity index (χ1n) is 18.1. The van der Waals surface area contributed by atoms with Crippen LogP contribution in [0.1, 0.15) is 74.1 Å². The summed E-state index contributed by atoms with van der Waals surface area (Å²) < 4.78 is 42.8. The van der Waals surface area contributed by atoms with Gasteiger partial charge in [0.05, 0.1) is 0 Å². The van der Waals surface area contributed by atoms with E-state index in [-0.39, 0.29) is 65.0 Å². The van der Waals surface area contributed by atoms with Crippen LogP contribution in [-0.2, 0) is 76.3 Å². The van der Waals surface area contributed by atoms with Crippen LogP contribution in [0.15, 0.2) is 72.9 Å². The van der Waals surface area contributed by atoms with Crippen molar-refractivity contribution in [2.45, 2.75) is 74.1 Å². The van der Waals surface area contributed by atoms with Crippen LogP contribution in [0, 0.1) is 16.7 Å². The smallest absolute Gasteiger partial charge is 0.333 e. The quantitative estimate of drug-likeness (QED) is 0.0580. The van der Waals surface area contributed by atoms with E-state index in [0.29, 0.717) is 0 Å². The van der Waals surface area contributed by atoms with Crippen molar-refractivity contribution < 1.29 is 76.3 Å². The molecule has 0 aromatic heterocycles. The Hall–Kier alpha value is -5.80. The van der Waals surface area contributed by atoms with Gasteiger partial charge in [0.25, 0.3) is 0 Å². The Morgan fingerprint density at radius 1 is 0.362 bits per heavy atom. The van der Waals surface area contributed by atoms with Gasteiger partial charge in [-0.15, -0.1) is 0 Å². The summed E-state index contributed by atoms with van der Waals surface area (Å²) in [7, 11) is 0. The van der Waals surface area contributed by atoms with Gasteiger partial charge in [-0.2, -0.15) is 0 Å². The summed E-state index contributed by atoms with van der Waals surface area (Å²) >= 11 is 0. The van der Waals surface area contributed by atoms with Gasteiger partial charge < -0.3 is 37.9 Å². The van der Waals surface area contributed by atoms with Gasteiger partial charge in [0.1, 0.15) is 63.7 Å². The predicted molar refractivity (Wildman–Crippen MR) is 209 cm³/mol. The molecular weight excluding hydrogens is 760 g/mol. The fourth-order valence-electron chi connectivity index (χ4n) is 4.04. The van der Waals surface area contributed by atoms with E-state index < -0.39 is 111 Å². The van der Waals surface area contributed by atoms with Gasteiger partial charge in [-0.05, 0) is 60.3 Å². The van der Waals surface area contributed by atoms with E-state index in [1.807, 2.05) is 0 Å². The van der Waals surface area contributed by atoms with Crippen molar-refractivity contribution in [1.29, 1.82) is 0 Å². The van der Waals surface area contributed by atoms with Crippen LogP contribution < -0.4 is 0 Å². The highest BCUT2D eigenvalue weighted by Crippen LogP contribution is 2.25. The normalized spacial score (nSPS) is 10.9. The van der Waals surface area contributed by atoms with E-state index in [1.54, 1.807) is 6.92 Å². The van der Waals surface area contributed by atoms with Crippen LogP contribution in [0.3, 0.4) is 0 Å². The van der Waals surface area contributed by atoms with E-state index in [1.165, 1.54) is 41.5 Å². The molecule has 0 atom stereocenters. The number of ether oxygens (including phenoxy) is 8. The van der Waals surface area contributed by atoms with Crippen molar-refractivity contribution in [3.8, 4) is 0 Å². The molecule has 0 saturated heterocycles. The highest BCUT2D eigenvalue weighted by atomic mass is 16.6. The molecule has 0 saturated carbocycles. The molecular formula is C42H58O16. The summed E-state index contributed by atoms with van der Waals surface area (Å²) in [5.74, 6) is -6.29. The first-order chi connectivity index (χ1) is 26.9. The number of hydrogen-bond donors (Lipinski definition) is 0. The fraction of sp³-hybridized carbons (Fsp3) is 0.524. The molecule has 322 valence electrons. The Balaban J connectivity index is 5.76. The van der Waals surface area contributed by atoms with Gasteiger partial charge in [0.15, 0.2) is 0 Å². The van der Waals surface area contributed by atoms with Crippen molar-refractivity contribution in [3.63, 3.8) is 0 Å². The maximum Gasteiger partial charge on any atom is 0.333 e. The van der Waals surface area contributed by atoms with E-state index in [2.05, 4.69) is 39.5 Å². The Bertz CT molecular complexity index is 1360. The average molecular weight is 819 g/mol. The molecule has 0 spiro atoms. The van der Waals surface area contributed by atoms with Crippen molar-refractivity contribution in [2.75, 3.05) is 52.9 Å². The summed E-state index contributed by atoms with van der Waals surface area (Å²) in [4.78, 5) is 99.4. The lowest BCUT2D eigenvalue weighted by Gasteiger charge is -2.31. The maximum atomic E-state index is 12.9. The molecule has 0 fully saturated rings. The summed E-state index contributed by atoms with van der Waals surface area (Å²) in [6.45, 7) is 27.6. The van der Waals surface area contributed by atoms with Crippen molar-refractivity contribution in [1.82, 2.24) is 0 Å². The molecule has 0 aliphatic heterocycles. The molecule has 0 aromatic carbocycles. The third-order valence-electron chi connectivity index (χ3n) is 7.91. The highest BCUT2D eigenvalue weighted by molar-refractivity contribution is 5.89. The van der Waals surface area contributed by atoms with E-state index in [4.69, 9.17) is 37.9 Å². The molecule has 16 nitrogen and oxygen atoms in total. The van der Waals surface area contributed by atoms with Crippen LogP contribution in [0.5, 0.6) is 0 Å². The minimum atomic E-state index is -1.52. The topological polar surface area (TPSA) is 210 Å². The minimum Gasteiger partial charge on any atom is -0.465 e. The van der Waals surface area contributed by atoms with Crippen LogP contribution >= 0.6 is 0 Å². The molecule has 0 N–H and O–H groups in total. The molecule has 0 aliphatic rings. The number of carbonyl (C=O) groups excluding carboxylic acids is 8. The number of esters is 8. The Morgan fingerprint density at radius 3 is 0.707 bits per heavy atom. The number of carbonyl (C=O) groups is 8. The SMILES string of the molecule is C=C(C)C(=O)OCC(COC(=O)CCC(C)CCC(=O)OCC(COC(=O)C(=C)C)(COC(=O)C(=C)C)COC(=O)C(=C)C)(COC(=O)C(=C)C)COC(=O)C(=C)C. The maximum absolute atomic E-state index is 12.9. The monoisotopic (exact) mass is 818 g/mol. The second-order valence-electron chi connectivity index (χ2n) is 14.6. The lowest BCUT2D eigenvalue weighted by atomic mass is 9.92. The van der Waals surface area contributed by atoms with Crippen LogP contribution in [0.4, 0.5) is 0 Å². The van der Waals surface area contributed by atoms with E-state index in [0.717, 1.165) is 0 Å². The van der Waals surface area contributed by atoms with Crippen molar-refractivity contribution >= 4 is 47.8 Å². The standard InChI is InChI=1S/C42H58O16/c1-26(2)35(45)53-20-41(21-54-36(46)27(3)4,22-55-37(47)28(5)6)18-51-33(43)16-14-32(13)15-17-34(44)52-19-42(23-56-38(48)29(7)8,24-57-39(49)30(9)10)25-58-40(50)31(11)12/h32H,1,3,5,7,9,11,14-25H2,2,4,6,8,10,12-13H3. The zero-order chi connectivity index (χ0) is 44.8. The van der Waals surface area contributed by atoms with Gasteiger partial charge in [-0.3, -0.25) is 9.59 Å². The predicted octanol–water partition coefficient (Wildman–Crippen LogP) is 4.96. The van der Waals surface area contributed by atoms with Gasteiger partial charge in [-0.1, -0.05) is 46.4 Å². The third-order valence-corrected chi connectivity index (χ3v) is 7.91. The third kappa shape index (κ3) is 20.9.